The first kappa shape index (κ1) is 16.8. The molecule has 5 nitrogen and oxygen atoms in total. The summed E-state index contributed by atoms with van der Waals surface area (Å²) in [6.45, 7) is 3.26. The number of hydrogen-bond acceptors (Lipinski definition) is 4. The van der Waals surface area contributed by atoms with Crippen molar-refractivity contribution in [2.75, 3.05) is 37.9 Å². The molecule has 0 aliphatic carbocycles. The second kappa shape index (κ2) is 7.30. The molecule has 0 N–H and O–H groups in total. The highest BCUT2D eigenvalue weighted by atomic mass is 35.5. The molecule has 0 radical (unpaired) electrons. The lowest BCUT2D eigenvalue weighted by Gasteiger charge is -2.35. The molecular weight excluding hydrogens is 352 g/mol. The van der Waals surface area contributed by atoms with Crippen LogP contribution >= 0.6 is 11.6 Å². The Morgan fingerprint density at radius 3 is 2.58 bits per heavy atom. The first-order valence-electron chi connectivity index (χ1n) is 8.57. The summed E-state index contributed by atoms with van der Waals surface area (Å²) >= 11 is 6.17. The van der Waals surface area contributed by atoms with Gasteiger partial charge in [0.25, 0.3) is 0 Å². The fourth-order valence-electron chi connectivity index (χ4n) is 3.18. The van der Waals surface area contributed by atoms with Crippen LogP contribution in [0.4, 0.5) is 5.69 Å². The van der Waals surface area contributed by atoms with Gasteiger partial charge in [-0.3, -0.25) is 4.79 Å². The van der Waals surface area contributed by atoms with Crippen LogP contribution in [0.5, 0.6) is 11.5 Å². The van der Waals surface area contributed by atoms with E-state index < -0.39 is 0 Å². The summed E-state index contributed by atoms with van der Waals surface area (Å²) in [5.41, 5.74) is 2.01. The van der Waals surface area contributed by atoms with Gasteiger partial charge in [-0.15, -0.1) is 0 Å². The fraction of sp³-hybridized carbons (Fsp3) is 0.250. The number of anilines is 1. The maximum absolute atomic E-state index is 12.5. The van der Waals surface area contributed by atoms with Gasteiger partial charge in [0, 0.05) is 37.9 Å². The number of halogens is 1. The Hall–Kier alpha value is -2.66. The minimum atomic E-state index is 0.00602. The third-order valence-electron chi connectivity index (χ3n) is 4.58. The first-order chi connectivity index (χ1) is 12.7. The Morgan fingerprint density at radius 1 is 1.04 bits per heavy atom. The number of piperazine rings is 1. The molecule has 2 aromatic carbocycles. The van der Waals surface area contributed by atoms with E-state index >= 15 is 0 Å². The molecule has 0 atom stereocenters. The normalized spacial score (nSPS) is 16.3. The summed E-state index contributed by atoms with van der Waals surface area (Å²) < 4.78 is 10.6. The number of ether oxygens (including phenoxy) is 2. The second-order valence-electron chi connectivity index (χ2n) is 6.22. The number of hydrogen-bond donors (Lipinski definition) is 0. The monoisotopic (exact) mass is 370 g/mol. The molecule has 2 aromatic rings. The Balaban J connectivity index is 1.37. The number of amides is 1. The van der Waals surface area contributed by atoms with Crippen molar-refractivity contribution in [2.45, 2.75) is 0 Å². The number of nitrogens with zero attached hydrogens (tertiary/aromatic N) is 2. The van der Waals surface area contributed by atoms with Gasteiger partial charge in [-0.25, -0.2) is 0 Å². The third kappa shape index (κ3) is 3.48. The summed E-state index contributed by atoms with van der Waals surface area (Å²) in [5.74, 6) is 1.18. The van der Waals surface area contributed by atoms with Crippen molar-refractivity contribution >= 4 is 29.3 Å². The van der Waals surface area contributed by atoms with E-state index in [2.05, 4.69) is 17.0 Å². The van der Waals surface area contributed by atoms with Gasteiger partial charge in [0.15, 0.2) is 11.5 Å². The van der Waals surface area contributed by atoms with Gasteiger partial charge >= 0.3 is 0 Å². The molecule has 6 heteroatoms. The minimum absolute atomic E-state index is 0.00602. The van der Waals surface area contributed by atoms with Gasteiger partial charge in [0.1, 0.15) is 0 Å². The SMILES string of the molecule is O=C(/C=C/c1cc(Cl)c2c(c1)OCO2)N1CCN(c2ccccc2)CC1. The molecule has 1 fully saturated rings. The highest BCUT2D eigenvalue weighted by Crippen LogP contribution is 2.40. The Bertz CT molecular complexity index is 830. The van der Waals surface area contributed by atoms with Crippen molar-refractivity contribution in [1.82, 2.24) is 4.90 Å². The standard InChI is InChI=1S/C20H19ClN2O3/c21-17-12-15(13-18-20(17)26-14-25-18)6-7-19(24)23-10-8-22(9-11-23)16-4-2-1-3-5-16/h1-7,12-13H,8-11,14H2/b7-6+. The van der Waals surface area contributed by atoms with E-state index in [-0.39, 0.29) is 12.7 Å². The van der Waals surface area contributed by atoms with Crippen molar-refractivity contribution in [3.63, 3.8) is 0 Å². The summed E-state index contributed by atoms with van der Waals surface area (Å²) in [7, 11) is 0. The summed E-state index contributed by atoms with van der Waals surface area (Å²) in [5, 5.41) is 0.489. The van der Waals surface area contributed by atoms with Gasteiger partial charge < -0.3 is 19.3 Å². The van der Waals surface area contributed by atoms with Crippen LogP contribution in [0.2, 0.25) is 5.02 Å². The van der Waals surface area contributed by atoms with Crippen molar-refractivity contribution in [3.05, 3.63) is 59.1 Å². The zero-order valence-corrected chi connectivity index (χ0v) is 15.0. The lowest BCUT2D eigenvalue weighted by Crippen LogP contribution is -2.48. The molecule has 4 rings (SSSR count). The summed E-state index contributed by atoms with van der Waals surface area (Å²) in [6.07, 6.45) is 3.35. The van der Waals surface area contributed by atoms with Crippen LogP contribution in [0.3, 0.4) is 0 Å². The smallest absolute Gasteiger partial charge is 0.246 e. The van der Waals surface area contributed by atoms with E-state index in [0.29, 0.717) is 29.6 Å². The van der Waals surface area contributed by atoms with E-state index in [0.717, 1.165) is 18.7 Å². The van der Waals surface area contributed by atoms with E-state index in [1.54, 1.807) is 18.2 Å². The molecule has 2 heterocycles. The van der Waals surface area contributed by atoms with E-state index in [1.807, 2.05) is 29.2 Å². The highest BCUT2D eigenvalue weighted by molar-refractivity contribution is 6.32. The molecule has 0 spiro atoms. The zero-order valence-electron chi connectivity index (χ0n) is 14.2. The van der Waals surface area contributed by atoms with E-state index in [9.17, 15) is 4.79 Å². The maximum Gasteiger partial charge on any atom is 0.246 e. The molecule has 0 aromatic heterocycles. The van der Waals surface area contributed by atoms with Crippen molar-refractivity contribution in [1.29, 1.82) is 0 Å². The van der Waals surface area contributed by atoms with E-state index in [1.165, 1.54) is 5.69 Å². The van der Waals surface area contributed by atoms with Crippen molar-refractivity contribution < 1.29 is 14.3 Å². The van der Waals surface area contributed by atoms with Gasteiger partial charge in [-0.1, -0.05) is 29.8 Å². The molecule has 2 aliphatic heterocycles. The van der Waals surface area contributed by atoms with Crippen molar-refractivity contribution in [2.24, 2.45) is 0 Å². The van der Waals surface area contributed by atoms with Crippen LogP contribution in [-0.4, -0.2) is 43.8 Å². The number of para-hydroxylation sites is 1. The number of carbonyl (C=O) groups is 1. The van der Waals surface area contributed by atoms with Crippen LogP contribution in [0.1, 0.15) is 5.56 Å². The Morgan fingerprint density at radius 2 is 1.81 bits per heavy atom. The lowest BCUT2D eigenvalue weighted by atomic mass is 10.1. The molecule has 134 valence electrons. The summed E-state index contributed by atoms with van der Waals surface area (Å²) in [6, 6.07) is 13.9. The summed E-state index contributed by atoms with van der Waals surface area (Å²) in [4.78, 5) is 16.6. The predicted molar refractivity (Wildman–Crippen MR) is 102 cm³/mol. The molecule has 1 amide bonds. The molecule has 1 saturated heterocycles. The van der Waals surface area contributed by atoms with Crippen LogP contribution < -0.4 is 14.4 Å². The average molecular weight is 371 g/mol. The van der Waals surface area contributed by atoms with Gasteiger partial charge in [-0.2, -0.15) is 0 Å². The maximum atomic E-state index is 12.5. The Labute approximate surface area is 157 Å². The minimum Gasteiger partial charge on any atom is -0.454 e. The van der Waals surface area contributed by atoms with Gasteiger partial charge in [0.2, 0.25) is 12.7 Å². The average Bonchev–Trinajstić information content (AvgIpc) is 3.16. The number of benzene rings is 2. The number of carbonyl (C=O) groups excluding carboxylic acids is 1. The predicted octanol–water partition coefficient (Wildman–Crippen LogP) is 3.43. The van der Waals surface area contributed by atoms with E-state index in [4.69, 9.17) is 21.1 Å². The van der Waals surface area contributed by atoms with Crippen LogP contribution in [0.15, 0.2) is 48.5 Å². The number of rotatable bonds is 3. The third-order valence-corrected chi connectivity index (χ3v) is 4.86. The fourth-order valence-corrected chi connectivity index (χ4v) is 3.45. The Kier molecular flexibility index (Phi) is 4.71. The van der Waals surface area contributed by atoms with Crippen LogP contribution in [0, 0.1) is 0 Å². The highest BCUT2D eigenvalue weighted by Gasteiger charge is 2.20. The van der Waals surface area contributed by atoms with Crippen LogP contribution in [-0.2, 0) is 4.79 Å². The van der Waals surface area contributed by atoms with Crippen LogP contribution in [0.25, 0.3) is 6.08 Å². The first-order valence-corrected chi connectivity index (χ1v) is 8.94. The quantitative estimate of drug-likeness (QED) is 0.776. The largest absolute Gasteiger partial charge is 0.454 e. The molecule has 26 heavy (non-hydrogen) atoms. The molecule has 0 saturated carbocycles. The lowest BCUT2D eigenvalue weighted by molar-refractivity contribution is -0.126. The molecule has 0 unspecified atom stereocenters. The number of fused-ring (bicyclic) bond motifs is 1. The molecule has 0 bridgehead atoms. The van der Waals surface area contributed by atoms with Crippen molar-refractivity contribution in [3.8, 4) is 11.5 Å². The molecule has 2 aliphatic rings. The molecular formula is C20H19ClN2O3. The second-order valence-corrected chi connectivity index (χ2v) is 6.62. The topological polar surface area (TPSA) is 42.0 Å². The van der Waals surface area contributed by atoms with Gasteiger partial charge in [-0.05, 0) is 35.9 Å². The zero-order chi connectivity index (χ0) is 17.9. The van der Waals surface area contributed by atoms with Gasteiger partial charge in [0.05, 0.1) is 5.02 Å².